The van der Waals surface area contributed by atoms with Crippen LogP contribution < -0.4 is 4.90 Å². The smallest absolute Gasteiger partial charge is 0.167 e. The first-order valence-corrected chi connectivity index (χ1v) is 10.0. The van der Waals surface area contributed by atoms with Gasteiger partial charge in [0.2, 0.25) is 0 Å². The molecule has 0 radical (unpaired) electrons. The van der Waals surface area contributed by atoms with E-state index in [2.05, 4.69) is 110 Å². The van der Waals surface area contributed by atoms with Gasteiger partial charge in [-0.05, 0) is 55.3 Å². The van der Waals surface area contributed by atoms with Crippen LogP contribution in [0.5, 0.6) is 0 Å². The molecule has 1 aliphatic rings. The molecule has 0 saturated carbocycles. The molecule has 3 aromatic carbocycles. The molecule has 29 heavy (non-hydrogen) atoms. The van der Waals surface area contributed by atoms with Gasteiger partial charge in [0, 0.05) is 24.9 Å². The molecule has 4 rings (SSSR count). The normalized spacial score (nSPS) is 18.4. The SMILES string of the molecule is COC1(N(c2ccc(C)cc2)c2ccc(C)cc2)C=CC(c2ccccc2)=CC1. The second kappa shape index (κ2) is 8.10. The number of benzene rings is 3. The fraction of sp³-hybridized carbons (Fsp3) is 0.185. The topological polar surface area (TPSA) is 12.5 Å². The van der Waals surface area contributed by atoms with E-state index in [0.29, 0.717) is 0 Å². The molecule has 0 aliphatic heterocycles. The van der Waals surface area contributed by atoms with E-state index >= 15 is 0 Å². The quantitative estimate of drug-likeness (QED) is 0.449. The predicted molar refractivity (Wildman–Crippen MR) is 122 cm³/mol. The summed E-state index contributed by atoms with van der Waals surface area (Å²) in [5.41, 5.74) is 6.59. The maximum absolute atomic E-state index is 6.19. The van der Waals surface area contributed by atoms with Gasteiger partial charge in [-0.25, -0.2) is 0 Å². The molecule has 2 nitrogen and oxygen atoms in total. The van der Waals surface area contributed by atoms with Gasteiger partial charge in [-0.2, -0.15) is 0 Å². The van der Waals surface area contributed by atoms with E-state index in [9.17, 15) is 0 Å². The fourth-order valence-corrected chi connectivity index (χ4v) is 3.84. The summed E-state index contributed by atoms with van der Waals surface area (Å²) < 4.78 is 6.19. The Labute approximate surface area is 173 Å². The molecule has 0 fully saturated rings. The van der Waals surface area contributed by atoms with Gasteiger partial charge in [0.15, 0.2) is 5.72 Å². The number of allylic oxidation sites excluding steroid dienone is 2. The number of hydrogen-bond acceptors (Lipinski definition) is 2. The Morgan fingerprint density at radius 2 is 1.31 bits per heavy atom. The van der Waals surface area contributed by atoms with Crippen molar-refractivity contribution in [1.82, 2.24) is 0 Å². The number of aryl methyl sites for hydroxylation is 2. The zero-order valence-corrected chi connectivity index (χ0v) is 17.3. The van der Waals surface area contributed by atoms with Gasteiger partial charge in [0.05, 0.1) is 0 Å². The summed E-state index contributed by atoms with van der Waals surface area (Å²) in [7, 11) is 1.79. The van der Waals surface area contributed by atoms with E-state index in [-0.39, 0.29) is 0 Å². The van der Waals surface area contributed by atoms with Crippen LogP contribution in [-0.4, -0.2) is 12.8 Å². The third-order valence-electron chi connectivity index (χ3n) is 5.56. The summed E-state index contributed by atoms with van der Waals surface area (Å²) in [4.78, 5) is 2.29. The second-order valence-corrected chi connectivity index (χ2v) is 7.62. The lowest BCUT2D eigenvalue weighted by atomic mass is 9.92. The highest BCUT2D eigenvalue weighted by atomic mass is 16.5. The molecule has 0 amide bonds. The van der Waals surface area contributed by atoms with Crippen molar-refractivity contribution in [2.75, 3.05) is 12.0 Å². The Morgan fingerprint density at radius 3 is 1.76 bits per heavy atom. The van der Waals surface area contributed by atoms with E-state index < -0.39 is 5.72 Å². The highest BCUT2D eigenvalue weighted by Gasteiger charge is 2.36. The molecular weight excluding hydrogens is 354 g/mol. The first kappa shape index (κ1) is 19.2. The van der Waals surface area contributed by atoms with Gasteiger partial charge in [-0.3, -0.25) is 0 Å². The number of anilines is 2. The van der Waals surface area contributed by atoms with Crippen LogP contribution in [0, 0.1) is 13.8 Å². The molecule has 1 aliphatic carbocycles. The van der Waals surface area contributed by atoms with Crippen LogP contribution in [0.2, 0.25) is 0 Å². The van der Waals surface area contributed by atoms with Crippen LogP contribution in [0.25, 0.3) is 5.57 Å². The minimum absolute atomic E-state index is 0.581. The number of rotatable bonds is 5. The van der Waals surface area contributed by atoms with Crippen molar-refractivity contribution in [3.8, 4) is 0 Å². The molecule has 2 heteroatoms. The molecule has 146 valence electrons. The van der Waals surface area contributed by atoms with Gasteiger partial charge in [-0.1, -0.05) is 77.9 Å². The molecule has 0 spiro atoms. The summed E-state index contributed by atoms with van der Waals surface area (Å²) in [5, 5.41) is 0. The lowest BCUT2D eigenvalue weighted by Gasteiger charge is -2.43. The minimum atomic E-state index is -0.581. The van der Waals surface area contributed by atoms with Crippen LogP contribution in [0.1, 0.15) is 23.1 Å². The van der Waals surface area contributed by atoms with Crippen molar-refractivity contribution in [3.63, 3.8) is 0 Å². The Balaban J connectivity index is 1.76. The molecule has 0 aromatic heterocycles. The molecule has 0 bridgehead atoms. The number of nitrogens with zero attached hydrogens (tertiary/aromatic N) is 1. The number of hydrogen-bond donors (Lipinski definition) is 0. The molecule has 3 aromatic rings. The molecule has 0 heterocycles. The Bertz CT molecular complexity index is 971. The molecule has 0 saturated heterocycles. The summed E-state index contributed by atoms with van der Waals surface area (Å²) in [6.45, 7) is 4.23. The zero-order valence-electron chi connectivity index (χ0n) is 17.3. The summed E-state index contributed by atoms with van der Waals surface area (Å²) in [6, 6.07) is 27.8. The third kappa shape index (κ3) is 3.90. The van der Waals surface area contributed by atoms with E-state index in [0.717, 1.165) is 17.8 Å². The van der Waals surface area contributed by atoms with Crippen LogP contribution in [0.3, 0.4) is 0 Å². The Hall–Kier alpha value is -3.10. The third-order valence-corrected chi connectivity index (χ3v) is 5.56. The van der Waals surface area contributed by atoms with Gasteiger partial charge >= 0.3 is 0 Å². The van der Waals surface area contributed by atoms with Crippen LogP contribution in [0.15, 0.2) is 97.1 Å². The van der Waals surface area contributed by atoms with Crippen LogP contribution in [-0.2, 0) is 4.74 Å². The second-order valence-electron chi connectivity index (χ2n) is 7.62. The number of methoxy groups -OCH3 is 1. The monoisotopic (exact) mass is 381 g/mol. The average molecular weight is 382 g/mol. The van der Waals surface area contributed by atoms with Crippen LogP contribution >= 0.6 is 0 Å². The van der Waals surface area contributed by atoms with E-state index in [1.165, 1.54) is 22.3 Å². The van der Waals surface area contributed by atoms with Gasteiger partial charge in [0.1, 0.15) is 0 Å². The maximum Gasteiger partial charge on any atom is 0.167 e. The predicted octanol–water partition coefficient (Wildman–Crippen LogP) is 6.83. The lowest BCUT2D eigenvalue weighted by molar-refractivity contribution is 0.0399. The van der Waals surface area contributed by atoms with Crippen molar-refractivity contribution in [3.05, 3.63) is 114 Å². The van der Waals surface area contributed by atoms with Crippen molar-refractivity contribution in [2.45, 2.75) is 26.0 Å². The van der Waals surface area contributed by atoms with Crippen molar-refractivity contribution >= 4 is 16.9 Å². The zero-order chi connectivity index (χ0) is 20.3. The highest BCUT2D eigenvalue weighted by Crippen LogP contribution is 2.40. The standard InChI is InChI=1S/C27H27NO/c1-21-9-13-25(14-10-21)28(26-15-11-22(2)12-16-26)27(29-3)19-17-24(18-20-27)23-7-5-4-6-8-23/h4-19H,20H2,1-3H3. The van der Waals surface area contributed by atoms with Crippen LogP contribution in [0.4, 0.5) is 11.4 Å². The van der Waals surface area contributed by atoms with Crippen molar-refractivity contribution < 1.29 is 4.74 Å². The van der Waals surface area contributed by atoms with E-state index in [1.54, 1.807) is 7.11 Å². The average Bonchev–Trinajstić information content (AvgIpc) is 2.77. The van der Waals surface area contributed by atoms with E-state index in [4.69, 9.17) is 4.74 Å². The first-order valence-electron chi connectivity index (χ1n) is 10.0. The van der Waals surface area contributed by atoms with Crippen molar-refractivity contribution in [2.24, 2.45) is 0 Å². The first-order chi connectivity index (χ1) is 14.1. The fourth-order valence-electron chi connectivity index (χ4n) is 3.84. The van der Waals surface area contributed by atoms with E-state index in [1.807, 2.05) is 6.07 Å². The van der Waals surface area contributed by atoms with Gasteiger partial charge in [-0.15, -0.1) is 0 Å². The molecular formula is C27H27NO. The summed E-state index contributed by atoms with van der Waals surface area (Å²) in [6.07, 6.45) is 7.40. The Kier molecular flexibility index (Phi) is 5.37. The Morgan fingerprint density at radius 1 is 0.759 bits per heavy atom. The minimum Gasteiger partial charge on any atom is -0.354 e. The molecule has 0 N–H and O–H groups in total. The van der Waals surface area contributed by atoms with Gasteiger partial charge in [0.25, 0.3) is 0 Å². The largest absolute Gasteiger partial charge is 0.354 e. The lowest BCUT2D eigenvalue weighted by Crippen LogP contribution is -2.46. The van der Waals surface area contributed by atoms with Gasteiger partial charge < -0.3 is 9.64 Å². The maximum atomic E-state index is 6.19. The summed E-state index contributed by atoms with van der Waals surface area (Å²) in [5.74, 6) is 0. The molecule has 1 atom stereocenters. The highest BCUT2D eigenvalue weighted by molar-refractivity contribution is 5.77. The number of ether oxygens (including phenoxy) is 1. The van der Waals surface area contributed by atoms with Crippen molar-refractivity contribution in [1.29, 1.82) is 0 Å². The summed E-state index contributed by atoms with van der Waals surface area (Å²) >= 11 is 0. The molecule has 1 unspecified atom stereocenters.